The predicted molar refractivity (Wildman–Crippen MR) is 118 cm³/mol. The number of aliphatic carboxylic acids is 1. The molecule has 0 aliphatic heterocycles. The first-order valence-electron chi connectivity index (χ1n) is 11.6. The average Bonchev–Trinajstić information content (AvgIpc) is 2.67. The van der Waals surface area contributed by atoms with Crippen molar-refractivity contribution in [3.05, 3.63) is 0 Å². The normalized spacial score (nSPS) is 11.8. The van der Waals surface area contributed by atoms with Crippen LogP contribution in [0.5, 0.6) is 0 Å². The van der Waals surface area contributed by atoms with Crippen LogP contribution in [0.4, 0.5) is 0 Å². The van der Waals surface area contributed by atoms with E-state index in [2.05, 4.69) is 6.92 Å². The molecule has 7 nitrogen and oxygen atoms in total. The number of ether oxygens (including phenoxy) is 1. The van der Waals surface area contributed by atoms with E-state index in [1.807, 2.05) is 0 Å². The summed E-state index contributed by atoms with van der Waals surface area (Å²) in [5.41, 5.74) is 0. The second-order valence-electron chi connectivity index (χ2n) is 8.07. The zero-order valence-electron chi connectivity index (χ0n) is 20.6. The van der Waals surface area contributed by atoms with Crippen molar-refractivity contribution in [1.29, 1.82) is 0 Å². The number of carbonyl (C=O) groups is 2. The number of rotatable bonds is 21. The zero-order chi connectivity index (χ0) is 22.7. The number of carboxylic acids is 1. The van der Waals surface area contributed by atoms with Gasteiger partial charge in [0, 0.05) is 0 Å². The number of carbonyl (C=O) groups excluding carboxylic acids is 1. The Morgan fingerprint density at radius 1 is 0.719 bits per heavy atom. The van der Waals surface area contributed by atoms with Crippen LogP contribution >= 0.6 is 0 Å². The zero-order valence-corrected chi connectivity index (χ0v) is 25.5. The third-order valence-electron chi connectivity index (χ3n) is 5.22. The van der Waals surface area contributed by atoms with Gasteiger partial charge < -0.3 is 9.84 Å². The van der Waals surface area contributed by atoms with E-state index in [9.17, 15) is 18.0 Å². The minimum absolute atomic E-state index is 0. The fourth-order valence-electron chi connectivity index (χ4n) is 3.38. The largest absolute Gasteiger partial charge is 1.00 e. The quantitative estimate of drug-likeness (QED) is 0.0955. The summed E-state index contributed by atoms with van der Waals surface area (Å²) in [5.74, 6) is -2.70. The van der Waals surface area contributed by atoms with Gasteiger partial charge in [0.15, 0.2) is 5.25 Å². The molecule has 0 amide bonds. The molecular weight excluding hydrogens is 454 g/mol. The van der Waals surface area contributed by atoms with E-state index in [-0.39, 0.29) is 65.7 Å². The van der Waals surface area contributed by atoms with E-state index < -0.39 is 33.7 Å². The SMILES string of the molecule is CCCCCCCCCCCCCCCCCCOC(=O)C(CC(=O)O)S(=O)(=O)O.[Na+].[Na+]. The number of esters is 1. The van der Waals surface area contributed by atoms with Gasteiger partial charge in [0.1, 0.15) is 0 Å². The Labute approximate surface area is 239 Å². The van der Waals surface area contributed by atoms with Crippen molar-refractivity contribution in [3.8, 4) is 0 Å². The number of hydrogen-bond acceptors (Lipinski definition) is 5. The van der Waals surface area contributed by atoms with E-state index in [1.165, 1.54) is 77.0 Å². The molecule has 1 unspecified atom stereocenters. The summed E-state index contributed by atoms with van der Waals surface area (Å²) in [4.78, 5) is 22.3. The van der Waals surface area contributed by atoms with E-state index in [4.69, 9.17) is 14.4 Å². The first-order chi connectivity index (χ1) is 14.3. The molecule has 0 fully saturated rings. The molecule has 1 atom stereocenters. The smallest absolute Gasteiger partial charge is 0.481 e. The second-order valence-corrected chi connectivity index (χ2v) is 9.67. The Morgan fingerprint density at radius 3 is 1.38 bits per heavy atom. The van der Waals surface area contributed by atoms with E-state index in [0.717, 1.165) is 19.3 Å². The summed E-state index contributed by atoms with van der Waals surface area (Å²) in [5, 5.41) is 6.57. The first kappa shape index (κ1) is 37.4. The molecular formula is C22H42Na2O7S+2. The minimum Gasteiger partial charge on any atom is -0.481 e. The third-order valence-corrected chi connectivity index (χ3v) is 6.30. The second kappa shape index (κ2) is 25.0. The van der Waals surface area contributed by atoms with Gasteiger partial charge in [0.05, 0.1) is 13.0 Å². The number of hydrogen-bond donors (Lipinski definition) is 2. The molecule has 2 N–H and O–H groups in total. The van der Waals surface area contributed by atoms with Crippen LogP contribution in [0.3, 0.4) is 0 Å². The van der Waals surface area contributed by atoms with Crippen LogP contribution in [0.15, 0.2) is 0 Å². The van der Waals surface area contributed by atoms with Crippen molar-refractivity contribution >= 4 is 22.1 Å². The molecule has 0 radical (unpaired) electrons. The van der Waals surface area contributed by atoms with E-state index >= 15 is 0 Å². The Morgan fingerprint density at radius 2 is 1.06 bits per heavy atom. The monoisotopic (exact) mass is 496 g/mol. The van der Waals surface area contributed by atoms with Gasteiger partial charge in [-0.1, -0.05) is 103 Å². The molecule has 0 aromatic carbocycles. The Balaban J connectivity index is -0.00000420. The summed E-state index contributed by atoms with van der Waals surface area (Å²) < 4.78 is 35.9. The molecule has 0 rings (SSSR count). The van der Waals surface area contributed by atoms with Crippen molar-refractivity contribution in [2.24, 2.45) is 0 Å². The van der Waals surface area contributed by atoms with Gasteiger partial charge in [0.2, 0.25) is 0 Å². The van der Waals surface area contributed by atoms with Crippen LogP contribution in [0.2, 0.25) is 0 Å². The molecule has 10 heteroatoms. The van der Waals surface area contributed by atoms with Crippen LogP contribution in [0.1, 0.15) is 116 Å². The van der Waals surface area contributed by atoms with Gasteiger partial charge >= 0.3 is 71.1 Å². The van der Waals surface area contributed by atoms with Gasteiger partial charge in [-0.2, -0.15) is 8.42 Å². The average molecular weight is 497 g/mol. The molecule has 32 heavy (non-hydrogen) atoms. The topological polar surface area (TPSA) is 118 Å². The number of unbranched alkanes of at least 4 members (excludes halogenated alkanes) is 15. The molecule has 0 bridgehead atoms. The molecule has 0 saturated carbocycles. The first-order valence-corrected chi connectivity index (χ1v) is 13.1. The maximum absolute atomic E-state index is 11.7. The summed E-state index contributed by atoms with van der Waals surface area (Å²) in [6, 6.07) is 0. The van der Waals surface area contributed by atoms with Crippen molar-refractivity contribution < 1.29 is 91.5 Å². The summed E-state index contributed by atoms with van der Waals surface area (Å²) >= 11 is 0. The molecule has 0 saturated heterocycles. The molecule has 178 valence electrons. The third kappa shape index (κ3) is 24.0. The maximum Gasteiger partial charge on any atom is 1.00 e. The van der Waals surface area contributed by atoms with Gasteiger partial charge in [0.25, 0.3) is 10.1 Å². The fraction of sp³-hybridized carbons (Fsp3) is 0.909. The predicted octanol–water partition coefficient (Wildman–Crippen LogP) is -0.470. The van der Waals surface area contributed by atoms with Crippen LogP contribution in [-0.4, -0.2) is 41.9 Å². The van der Waals surface area contributed by atoms with Crippen LogP contribution < -0.4 is 59.1 Å². The van der Waals surface area contributed by atoms with Crippen molar-refractivity contribution in [2.75, 3.05) is 6.61 Å². The minimum atomic E-state index is -4.79. The molecule has 0 aliphatic carbocycles. The molecule has 0 heterocycles. The van der Waals surface area contributed by atoms with Crippen LogP contribution in [-0.2, 0) is 24.4 Å². The standard InChI is InChI=1S/C22H42O7S.2Na/c1-2-3-4-5-6-7-8-9-10-11-12-13-14-15-16-17-18-29-22(25)20(19-21(23)24)30(26,27)28;;/h20H,2-19H2,1H3,(H,23,24)(H,26,27,28);;/q;2*+1. The van der Waals surface area contributed by atoms with Crippen LogP contribution in [0, 0.1) is 0 Å². The molecule has 0 aliphatic rings. The number of carboxylic acid groups (broad SMARTS) is 1. The fourth-order valence-corrected chi connectivity index (χ4v) is 4.05. The summed E-state index contributed by atoms with van der Waals surface area (Å²) in [6.07, 6.45) is 18.5. The maximum atomic E-state index is 11.7. The van der Waals surface area contributed by atoms with Crippen LogP contribution in [0.25, 0.3) is 0 Å². The van der Waals surface area contributed by atoms with E-state index in [1.54, 1.807) is 0 Å². The summed E-state index contributed by atoms with van der Waals surface area (Å²) in [6.45, 7) is 2.27. The Hall–Kier alpha value is 0.850. The van der Waals surface area contributed by atoms with Crippen molar-refractivity contribution in [1.82, 2.24) is 0 Å². The van der Waals surface area contributed by atoms with Gasteiger partial charge in [-0.15, -0.1) is 0 Å². The Kier molecular flexibility index (Phi) is 29.2. The summed E-state index contributed by atoms with van der Waals surface area (Å²) in [7, 11) is -4.79. The van der Waals surface area contributed by atoms with Gasteiger partial charge in [-0.05, 0) is 6.42 Å². The Bertz CT molecular complexity index is 556. The van der Waals surface area contributed by atoms with Gasteiger partial charge in [-0.25, -0.2) is 0 Å². The molecule has 0 aromatic rings. The molecule has 0 spiro atoms. The van der Waals surface area contributed by atoms with E-state index in [0.29, 0.717) is 6.42 Å². The molecule has 0 aromatic heterocycles. The van der Waals surface area contributed by atoms with Crippen molar-refractivity contribution in [3.63, 3.8) is 0 Å². The van der Waals surface area contributed by atoms with Gasteiger partial charge in [-0.3, -0.25) is 14.1 Å². The van der Waals surface area contributed by atoms with Crippen molar-refractivity contribution in [2.45, 2.75) is 121 Å².